The predicted octanol–water partition coefficient (Wildman–Crippen LogP) is 8.24. The molecule has 0 spiro atoms. The minimum absolute atomic E-state index is 0.917. The van der Waals surface area contributed by atoms with Gasteiger partial charge in [-0.1, -0.05) is 66.7 Å². The Morgan fingerprint density at radius 1 is 0.639 bits per heavy atom. The molecule has 0 N–H and O–H groups in total. The maximum absolute atomic E-state index is 6.43. The summed E-state index contributed by atoms with van der Waals surface area (Å²) in [5.74, 6) is 0.967. The Kier molecular flexibility index (Phi) is 3.84. The van der Waals surface area contributed by atoms with Crippen molar-refractivity contribution in [1.82, 2.24) is 14.1 Å². The van der Waals surface area contributed by atoms with E-state index in [1.807, 2.05) is 18.2 Å². The third-order valence-electron chi connectivity index (χ3n) is 7.33. The summed E-state index contributed by atoms with van der Waals surface area (Å²) in [7, 11) is 2.08. The second-order valence-corrected chi connectivity index (χ2v) is 9.32. The van der Waals surface area contributed by atoms with Crippen LogP contribution in [0.1, 0.15) is 0 Å². The van der Waals surface area contributed by atoms with E-state index >= 15 is 0 Å². The molecule has 0 radical (unpaired) electrons. The van der Waals surface area contributed by atoms with Crippen LogP contribution >= 0.6 is 0 Å². The number of aromatic nitrogens is 3. The highest BCUT2D eigenvalue weighted by Gasteiger charge is 2.19. The van der Waals surface area contributed by atoms with Crippen LogP contribution in [-0.2, 0) is 7.05 Å². The van der Waals surface area contributed by atoms with E-state index in [0.29, 0.717) is 0 Å². The number of aryl methyl sites for hydroxylation is 1. The number of furan rings is 1. The lowest BCUT2D eigenvalue weighted by atomic mass is 10.1. The molecule has 0 aliphatic heterocycles. The number of benzene rings is 5. The fraction of sp³-hybridized carbons (Fsp3) is 0.0312. The predicted molar refractivity (Wildman–Crippen MR) is 148 cm³/mol. The molecule has 170 valence electrons. The quantitative estimate of drug-likeness (QED) is 0.259. The van der Waals surface area contributed by atoms with Gasteiger partial charge in [0.1, 0.15) is 17.0 Å². The molecule has 3 heterocycles. The molecule has 5 aromatic carbocycles. The highest BCUT2D eigenvalue weighted by molar-refractivity contribution is 6.23. The van der Waals surface area contributed by atoms with E-state index in [4.69, 9.17) is 9.40 Å². The first-order valence-corrected chi connectivity index (χ1v) is 12.1. The van der Waals surface area contributed by atoms with Crippen LogP contribution in [-0.4, -0.2) is 14.1 Å². The molecule has 0 saturated heterocycles. The number of fused-ring (bicyclic) bond motifs is 8. The molecule has 0 amide bonds. The van der Waals surface area contributed by atoms with Crippen LogP contribution in [0.3, 0.4) is 0 Å². The summed E-state index contributed by atoms with van der Waals surface area (Å²) in [6, 6.07) is 38.1. The monoisotopic (exact) mass is 463 g/mol. The molecule has 36 heavy (non-hydrogen) atoms. The van der Waals surface area contributed by atoms with Gasteiger partial charge in [-0.3, -0.25) is 0 Å². The SMILES string of the molecule is Cn1c(-c2ccccc2)nc2cc(-n3c4ccccc4c4c5oc6ccccc6c5ccc43)ccc21. The first kappa shape index (κ1) is 19.5. The van der Waals surface area contributed by atoms with Crippen molar-refractivity contribution in [2.75, 3.05) is 0 Å². The van der Waals surface area contributed by atoms with Gasteiger partial charge in [0.15, 0.2) is 0 Å². The zero-order chi connectivity index (χ0) is 23.8. The summed E-state index contributed by atoms with van der Waals surface area (Å²) in [4.78, 5) is 5.02. The Morgan fingerprint density at radius 2 is 1.39 bits per heavy atom. The van der Waals surface area contributed by atoms with E-state index in [1.165, 1.54) is 5.39 Å². The van der Waals surface area contributed by atoms with E-state index in [9.17, 15) is 0 Å². The molecule has 0 bridgehead atoms. The van der Waals surface area contributed by atoms with Crippen molar-refractivity contribution in [2.24, 2.45) is 7.05 Å². The highest BCUT2D eigenvalue weighted by Crippen LogP contribution is 2.40. The first-order valence-electron chi connectivity index (χ1n) is 12.1. The van der Waals surface area contributed by atoms with E-state index in [2.05, 4.69) is 107 Å². The maximum atomic E-state index is 6.43. The molecule has 8 aromatic rings. The molecule has 0 atom stereocenters. The normalized spacial score (nSPS) is 12.0. The van der Waals surface area contributed by atoms with Gasteiger partial charge in [0.25, 0.3) is 0 Å². The molecule has 0 saturated carbocycles. The van der Waals surface area contributed by atoms with Crippen molar-refractivity contribution in [3.8, 4) is 17.1 Å². The Bertz CT molecular complexity index is 2110. The van der Waals surface area contributed by atoms with Crippen LogP contribution in [0.5, 0.6) is 0 Å². The number of nitrogens with zero attached hydrogens (tertiary/aromatic N) is 3. The highest BCUT2D eigenvalue weighted by atomic mass is 16.3. The molecule has 8 rings (SSSR count). The van der Waals surface area contributed by atoms with Gasteiger partial charge in [0.05, 0.1) is 27.5 Å². The van der Waals surface area contributed by atoms with Gasteiger partial charge >= 0.3 is 0 Å². The van der Waals surface area contributed by atoms with Crippen LogP contribution in [0.2, 0.25) is 0 Å². The molecule has 4 nitrogen and oxygen atoms in total. The van der Waals surface area contributed by atoms with E-state index in [-0.39, 0.29) is 0 Å². The first-order chi connectivity index (χ1) is 17.8. The molecule has 4 heteroatoms. The average molecular weight is 464 g/mol. The maximum Gasteiger partial charge on any atom is 0.145 e. The smallest absolute Gasteiger partial charge is 0.145 e. The fourth-order valence-electron chi connectivity index (χ4n) is 5.69. The lowest BCUT2D eigenvalue weighted by Crippen LogP contribution is -1.94. The van der Waals surface area contributed by atoms with Gasteiger partial charge < -0.3 is 13.6 Å². The third kappa shape index (κ3) is 2.56. The second-order valence-electron chi connectivity index (χ2n) is 9.32. The number of para-hydroxylation sites is 2. The molecule has 0 unspecified atom stereocenters. The molecule has 0 aliphatic carbocycles. The van der Waals surface area contributed by atoms with Crippen molar-refractivity contribution in [1.29, 1.82) is 0 Å². The van der Waals surface area contributed by atoms with Gasteiger partial charge in [-0.25, -0.2) is 4.98 Å². The molecular weight excluding hydrogens is 442 g/mol. The number of hydrogen-bond donors (Lipinski definition) is 0. The summed E-state index contributed by atoms with van der Waals surface area (Å²) < 4.78 is 10.9. The fourth-order valence-corrected chi connectivity index (χ4v) is 5.69. The summed E-state index contributed by atoms with van der Waals surface area (Å²) in [5, 5.41) is 4.62. The lowest BCUT2D eigenvalue weighted by molar-refractivity contribution is 0.673. The molecular formula is C32H21N3O. The van der Waals surface area contributed by atoms with Crippen LogP contribution in [0, 0.1) is 0 Å². The Hall–Kier alpha value is -4.83. The van der Waals surface area contributed by atoms with Crippen molar-refractivity contribution < 1.29 is 4.42 Å². The van der Waals surface area contributed by atoms with Crippen molar-refractivity contribution >= 4 is 54.8 Å². The summed E-state index contributed by atoms with van der Waals surface area (Å²) in [6.45, 7) is 0. The number of rotatable bonds is 2. The largest absolute Gasteiger partial charge is 0.455 e. The van der Waals surface area contributed by atoms with Crippen LogP contribution < -0.4 is 0 Å². The van der Waals surface area contributed by atoms with E-state index in [1.54, 1.807) is 0 Å². The Morgan fingerprint density at radius 3 is 2.28 bits per heavy atom. The Balaban J connectivity index is 1.44. The van der Waals surface area contributed by atoms with Crippen LogP contribution in [0.25, 0.3) is 71.9 Å². The molecule has 0 aliphatic rings. The van der Waals surface area contributed by atoms with Crippen molar-refractivity contribution in [3.63, 3.8) is 0 Å². The topological polar surface area (TPSA) is 35.9 Å². The zero-order valence-electron chi connectivity index (χ0n) is 19.6. The third-order valence-corrected chi connectivity index (χ3v) is 7.33. The van der Waals surface area contributed by atoms with Crippen molar-refractivity contribution in [2.45, 2.75) is 0 Å². The second kappa shape index (κ2) is 7.09. The average Bonchev–Trinajstić information content (AvgIpc) is 3.58. The summed E-state index contributed by atoms with van der Waals surface area (Å²) >= 11 is 0. The van der Waals surface area contributed by atoms with Gasteiger partial charge in [-0.05, 0) is 42.5 Å². The van der Waals surface area contributed by atoms with Crippen LogP contribution in [0.4, 0.5) is 0 Å². The van der Waals surface area contributed by atoms with Gasteiger partial charge in [-0.15, -0.1) is 0 Å². The minimum Gasteiger partial charge on any atom is -0.455 e. The standard InChI is InChI=1S/C32H21N3O/c1-34-27-17-15-21(19-25(27)33-32(34)20-9-3-2-4-10-20)35-26-13-7-5-12-24(26)30-28(35)18-16-23-22-11-6-8-14-29(22)36-31(23)30/h2-19H,1H3. The summed E-state index contributed by atoms with van der Waals surface area (Å²) in [5.41, 5.74) is 8.42. The number of hydrogen-bond acceptors (Lipinski definition) is 2. The van der Waals surface area contributed by atoms with E-state index in [0.717, 1.165) is 66.5 Å². The van der Waals surface area contributed by atoms with Gasteiger partial charge in [-0.2, -0.15) is 0 Å². The zero-order valence-corrected chi connectivity index (χ0v) is 19.6. The van der Waals surface area contributed by atoms with Crippen molar-refractivity contribution in [3.05, 3.63) is 109 Å². The molecule has 0 fully saturated rings. The lowest BCUT2D eigenvalue weighted by Gasteiger charge is -2.08. The van der Waals surface area contributed by atoms with Gasteiger partial charge in [0, 0.05) is 34.5 Å². The van der Waals surface area contributed by atoms with Crippen LogP contribution in [0.15, 0.2) is 114 Å². The minimum atomic E-state index is 0.917. The molecule has 3 aromatic heterocycles. The number of imidazole rings is 1. The van der Waals surface area contributed by atoms with E-state index < -0.39 is 0 Å². The van der Waals surface area contributed by atoms with Gasteiger partial charge in [0.2, 0.25) is 0 Å². The summed E-state index contributed by atoms with van der Waals surface area (Å²) in [6.07, 6.45) is 0. The Labute approximate surface area is 206 Å².